The zero-order chi connectivity index (χ0) is 12.3. The van der Waals surface area contributed by atoms with Crippen LogP contribution in [0.25, 0.3) is 0 Å². The van der Waals surface area contributed by atoms with Crippen molar-refractivity contribution in [2.24, 2.45) is 5.92 Å². The maximum atomic E-state index is 12.9. The second-order valence-corrected chi connectivity index (χ2v) is 3.82. The summed E-state index contributed by atoms with van der Waals surface area (Å²) >= 11 is 0. The van der Waals surface area contributed by atoms with E-state index in [4.69, 9.17) is 0 Å². The van der Waals surface area contributed by atoms with Gasteiger partial charge in [0.2, 0.25) is 0 Å². The third-order valence-corrected chi connectivity index (χ3v) is 2.84. The quantitative estimate of drug-likeness (QED) is 0.787. The van der Waals surface area contributed by atoms with Gasteiger partial charge in [-0.1, -0.05) is 26.7 Å². The first-order chi connectivity index (χ1) is 7.51. The lowest BCUT2D eigenvalue weighted by molar-refractivity contribution is 0.102. The van der Waals surface area contributed by atoms with E-state index in [0.29, 0.717) is 12.8 Å². The van der Waals surface area contributed by atoms with Crippen molar-refractivity contribution in [2.75, 3.05) is 0 Å². The van der Waals surface area contributed by atoms with Crippen molar-refractivity contribution in [3.05, 3.63) is 35.1 Å². The fraction of sp³-hybridized carbons (Fsp3) is 0.500. The van der Waals surface area contributed by atoms with Gasteiger partial charge in [-0.05, 0) is 23.6 Å². The van der Waals surface area contributed by atoms with Crippen molar-refractivity contribution in [1.82, 2.24) is 0 Å². The second-order valence-electron chi connectivity index (χ2n) is 3.82. The fourth-order valence-electron chi connectivity index (χ4n) is 1.75. The van der Waals surface area contributed by atoms with E-state index in [2.05, 4.69) is 0 Å². The first kappa shape index (κ1) is 13.0. The van der Waals surface area contributed by atoms with Crippen molar-refractivity contribution in [1.29, 1.82) is 0 Å². The van der Waals surface area contributed by atoms with E-state index in [-0.39, 0.29) is 11.5 Å². The first-order valence-corrected chi connectivity index (χ1v) is 5.33. The third kappa shape index (κ3) is 2.55. The Balaban J connectivity index is 3.04. The standard InChI is InChI=1S/C12H15F3O/c1-3-7(4-2)12(16)8-5-9(13)11(15)10(14)6-8/h5-7,12,16H,3-4H2,1-2H3. The van der Waals surface area contributed by atoms with Crippen LogP contribution < -0.4 is 0 Å². The summed E-state index contributed by atoms with van der Waals surface area (Å²) in [7, 11) is 0. The van der Waals surface area contributed by atoms with E-state index >= 15 is 0 Å². The van der Waals surface area contributed by atoms with Crippen LogP contribution in [0.1, 0.15) is 38.4 Å². The Morgan fingerprint density at radius 1 is 1.06 bits per heavy atom. The largest absolute Gasteiger partial charge is 0.388 e. The van der Waals surface area contributed by atoms with Crippen LogP contribution in [0, 0.1) is 23.4 Å². The Morgan fingerprint density at radius 3 is 1.88 bits per heavy atom. The summed E-state index contributed by atoms with van der Waals surface area (Å²) in [4.78, 5) is 0. The average molecular weight is 232 g/mol. The SMILES string of the molecule is CCC(CC)C(O)c1cc(F)c(F)c(F)c1. The monoisotopic (exact) mass is 232 g/mol. The Kier molecular flexibility index (Phi) is 4.35. The number of benzene rings is 1. The molecule has 0 radical (unpaired) electrons. The maximum absolute atomic E-state index is 12.9. The van der Waals surface area contributed by atoms with E-state index in [9.17, 15) is 18.3 Å². The predicted molar refractivity (Wildman–Crippen MR) is 55.3 cm³/mol. The number of aliphatic hydroxyl groups excluding tert-OH is 1. The molecule has 1 aromatic carbocycles. The van der Waals surface area contributed by atoms with Crippen LogP contribution in [-0.2, 0) is 0 Å². The van der Waals surface area contributed by atoms with Gasteiger partial charge in [0, 0.05) is 0 Å². The van der Waals surface area contributed by atoms with Crippen LogP contribution in [0.4, 0.5) is 13.2 Å². The number of rotatable bonds is 4. The number of hydrogen-bond donors (Lipinski definition) is 1. The molecule has 0 heterocycles. The van der Waals surface area contributed by atoms with Crippen LogP contribution in [0.3, 0.4) is 0 Å². The molecule has 0 aliphatic rings. The van der Waals surface area contributed by atoms with E-state index in [0.717, 1.165) is 12.1 Å². The molecular formula is C12H15F3O. The molecule has 0 spiro atoms. The lowest BCUT2D eigenvalue weighted by Crippen LogP contribution is -2.12. The van der Waals surface area contributed by atoms with Crippen molar-refractivity contribution in [3.63, 3.8) is 0 Å². The summed E-state index contributed by atoms with van der Waals surface area (Å²) in [6.45, 7) is 3.77. The zero-order valence-electron chi connectivity index (χ0n) is 9.30. The molecule has 1 atom stereocenters. The van der Waals surface area contributed by atoms with Gasteiger partial charge in [0.1, 0.15) is 0 Å². The van der Waals surface area contributed by atoms with Crippen LogP contribution >= 0.6 is 0 Å². The van der Waals surface area contributed by atoms with E-state index in [1.54, 1.807) is 0 Å². The first-order valence-electron chi connectivity index (χ1n) is 5.33. The molecule has 1 unspecified atom stereocenters. The highest BCUT2D eigenvalue weighted by atomic mass is 19.2. The van der Waals surface area contributed by atoms with Crippen LogP contribution in [0.2, 0.25) is 0 Å². The van der Waals surface area contributed by atoms with Gasteiger partial charge < -0.3 is 5.11 Å². The second kappa shape index (κ2) is 5.34. The molecule has 1 N–H and O–H groups in total. The van der Waals surface area contributed by atoms with Crippen molar-refractivity contribution in [3.8, 4) is 0 Å². The van der Waals surface area contributed by atoms with Gasteiger partial charge in [-0.15, -0.1) is 0 Å². The van der Waals surface area contributed by atoms with Crippen LogP contribution in [-0.4, -0.2) is 5.11 Å². The van der Waals surface area contributed by atoms with E-state index in [1.807, 2.05) is 13.8 Å². The minimum absolute atomic E-state index is 0.0794. The summed E-state index contributed by atoms with van der Waals surface area (Å²) in [6, 6.07) is 1.70. The van der Waals surface area contributed by atoms with E-state index in [1.165, 1.54) is 0 Å². The van der Waals surface area contributed by atoms with Gasteiger partial charge >= 0.3 is 0 Å². The van der Waals surface area contributed by atoms with Gasteiger partial charge in [0.25, 0.3) is 0 Å². The van der Waals surface area contributed by atoms with Gasteiger partial charge in [-0.3, -0.25) is 0 Å². The fourth-order valence-corrected chi connectivity index (χ4v) is 1.75. The Labute approximate surface area is 92.9 Å². The minimum Gasteiger partial charge on any atom is -0.388 e. The highest BCUT2D eigenvalue weighted by Gasteiger charge is 2.21. The highest BCUT2D eigenvalue weighted by Crippen LogP contribution is 2.28. The van der Waals surface area contributed by atoms with E-state index < -0.39 is 23.6 Å². The highest BCUT2D eigenvalue weighted by molar-refractivity contribution is 5.22. The Morgan fingerprint density at radius 2 is 1.50 bits per heavy atom. The van der Waals surface area contributed by atoms with Crippen LogP contribution in [0.15, 0.2) is 12.1 Å². The molecule has 0 aliphatic carbocycles. The normalized spacial score (nSPS) is 13.2. The zero-order valence-corrected chi connectivity index (χ0v) is 9.30. The molecule has 1 rings (SSSR count). The van der Waals surface area contributed by atoms with Gasteiger partial charge in [-0.2, -0.15) is 0 Å². The predicted octanol–water partition coefficient (Wildman–Crippen LogP) is 3.57. The lowest BCUT2D eigenvalue weighted by atomic mass is 9.91. The summed E-state index contributed by atoms with van der Waals surface area (Å²) in [5.41, 5.74) is 0.0881. The molecule has 1 nitrogen and oxygen atoms in total. The van der Waals surface area contributed by atoms with Gasteiger partial charge in [0.05, 0.1) is 6.10 Å². The lowest BCUT2D eigenvalue weighted by Gasteiger charge is -2.20. The smallest absolute Gasteiger partial charge is 0.194 e. The summed E-state index contributed by atoms with van der Waals surface area (Å²) in [5, 5.41) is 9.86. The molecule has 0 saturated carbocycles. The number of aliphatic hydroxyl groups is 1. The molecule has 0 amide bonds. The number of halogens is 3. The molecule has 1 aromatic rings. The average Bonchev–Trinajstić information content (AvgIpc) is 2.26. The molecule has 0 saturated heterocycles. The molecule has 90 valence electrons. The molecule has 0 bridgehead atoms. The molecule has 16 heavy (non-hydrogen) atoms. The third-order valence-electron chi connectivity index (χ3n) is 2.84. The van der Waals surface area contributed by atoms with Gasteiger partial charge in [0.15, 0.2) is 17.5 Å². The van der Waals surface area contributed by atoms with Crippen LogP contribution in [0.5, 0.6) is 0 Å². The maximum Gasteiger partial charge on any atom is 0.194 e. The van der Waals surface area contributed by atoms with Crippen molar-refractivity contribution < 1.29 is 18.3 Å². The Hall–Kier alpha value is -1.03. The molecule has 0 aliphatic heterocycles. The number of hydrogen-bond acceptors (Lipinski definition) is 1. The summed E-state index contributed by atoms with van der Waals surface area (Å²) in [5.74, 6) is -4.11. The molecule has 0 aromatic heterocycles. The van der Waals surface area contributed by atoms with Gasteiger partial charge in [-0.25, -0.2) is 13.2 Å². The molecule has 4 heteroatoms. The minimum atomic E-state index is -1.50. The molecular weight excluding hydrogens is 217 g/mol. The summed E-state index contributed by atoms with van der Waals surface area (Å²) < 4.78 is 38.6. The Bertz CT molecular complexity index is 338. The molecule has 0 fully saturated rings. The topological polar surface area (TPSA) is 20.2 Å². The van der Waals surface area contributed by atoms with Crippen molar-refractivity contribution in [2.45, 2.75) is 32.8 Å². The van der Waals surface area contributed by atoms with Crippen molar-refractivity contribution >= 4 is 0 Å². The summed E-state index contributed by atoms with van der Waals surface area (Å²) in [6.07, 6.45) is 0.427.